The van der Waals surface area contributed by atoms with Gasteiger partial charge in [0.25, 0.3) is 0 Å². The molecular formula is C23H24N2O4. The maximum absolute atomic E-state index is 11.7. The van der Waals surface area contributed by atoms with Crippen LogP contribution < -0.4 is 9.47 Å². The predicted octanol–water partition coefficient (Wildman–Crippen LogP) is 3.69. The fraction of sp³-hybridized carbons (Fsp3) is 0.304. The van der Waals surface area contributed by atoms with E-state index in [1.807, 2.05) is 41.4 Å². The molecule has 2 heterocycles. The van der Waals surface area contributed by atoms with Crippen LogP contribution in [0.2, 0.25) is 0 Å². The number of H-pyrrole nitrogens is 1. The topological polar surface area (TPSA) is 71.6 Å². The second-order valence-corrected chi connectivity index (χ2v) is 7.28. The lowest BCUT2D eigenvalue weighted by atomic mass is 9.87. The van der Waals surface area contributed by atoms with Gasteiger partial charge in [0.05, 0.1) is 25.8 Å². The normalized spacial score (nSPS) is 15.8. The number of nitrogens with one attached hydrogen (secondary N) is 1. The Bertz CT molecular complexity index is 1060. The second-order valence-electron chi connectivity index (χ2n) is 7.28. The van der Waals surface area contributed by atoms with E-state index in [4.69, 9.17) is 9.47 Å². The fourth-order valence-corrected chi connectivity index (χ4v) is 4.27. The lowest BCUT2D eigenvalue weighted by Crippen LogP contribution is -2.34. The van der Waals surface area contributed by atoms with Crippen LogP contribution in [0.4, 0.5) is 0 Å². The predicted molar refractivity (Wildman–Crippen MR) is 111 cm³/mol. The highest BCUT2D eigenvalue weighted by Gasteiger charge is 2.28. The Labute approximate surface area is 169 Å². The molecule has 1 aliphatic rings. The van der Waals surface area contributed by atoms with Gasteiger partial charge in [-0.15, -0.1) is 0 Å². The van der Waals surface area contributed by atoms with Crippen molar-refractivity contribution in [2.24, 2.45) is 0 Å². The first kappa shape index (κ1) is 19.1. The van der Waals surface area contributed by atoms with Gasteiger partial charge in [-0.1, -0.05) is 0 Å². The highest BCUT2D eigenvalue weighted by molar-refractivity contribution is 5.84. The zero-order chi connectivity index (χ0) is 20.4. The van der Waals surface area contributed by atoms with Crippen LogP contribution in [0.3, 0.4) is 0 Å². The number of fused-ring (bicyclic) bond motifs is 2. The van der Waals surface area contributed by atoms with Gasteiger partial charge in [-0.3, -0.25) is 9.59 Å². The van der Waals surface area contributed by atoms with Crippen LogP contribution in [0, 0.1) is 0 Å². The monoisotopic (exact) mass is 392 g/mol. The molecule has 0 fully saturated rings. The summed E-state index contributed by atoms with van der Waals surface area (Å²) in [7, 11) is 3.23. The van der Waals surface area contributed by atoms with Crippen molar-refractivity contribution in [2.45, 2.75) is 25.3 Å². The summed E-state index contributed by atoms with van der Waals surface area (Å²) < 4.78 is 10.7. The smallest absolute Gasteiger partial charge is 0.210 e. The molecule has 4 rings (SSSR count). The van der Waals surface area contributed by atoms with Crippen molar-refractivity contribution in [3.8, 4) is 11.5 Å². The van der Waals surface area contributed by atoms with E-state index in [2.05, 4.69) is 4.98 Å². The van der Waals surface area contributed by atoms with Crippen molar-refractivity contribution in [2.75, 3.05) is 20.8 Å². The molecule has 150 valence electrons. The molecule has 0 saturated heterocycles. The lowest BCUT2D eigenvalue weighted by Gasteiger charge is -2.35. The van der Waals surface area contributed by atoms with Gasteiger partial charge in [0.2, 0.25) is 6.41 Å². The number of amides is 1. The summed E-state index contributed by atoms with van der Waals surface area (Å²) in [6, 6.07) is 9.71. The number of nitrogens with zero attached hydrogens (tertiary/aromatic N) is 1. The fourth-order valence-electron chi connectivity index (χ4n) is 4.27. The molecule has 29 heavy (non-hydrogen) atoms. The number of aryl methyl sites for hydroxylation is 1. The molecule has 2 aromatic carbocycles. The van der Waals surface area contributed by atoms with Gasteiger partial charge in [-0.2, -0.15) is 0 Å². The maximum Gasteiger partial charge on any atom is 0.210 e. The van der Waals surface area contributed by atoms with E-state index in [0.717, 1.165) is 59.7 Å². The van der Waals surface area contributed by atoms with Gasteiger partial charge in [0, 0.05) is 23.6 Å². The van der Waals surface area contributed by atoms with Crippen molar-refractivity contribution in [3.05, 3.63) is 58.8 Å². The Balaban J connectivity index is 1.66. The van der Waals surface area contributed by atoms with E-state index in [1.54, 1.807) is 14.2 Å². The Hall–Kier alpha value is -3.28. The summed E-state index contributed by atoms with van der Waals surface area (Å²) in [4.78, 5) is 28.4. The zero-order valence-electron chi connectivity index (χ0n) is 16.6. The van der Waals surface area contributed by atoms with Gasteiger partial charge in [-0.25, -0.2) is 0 Å². The maximum atomic E-state index is 11.7. The van der Waals surface area contributed by atoms with Crippen molar-refractivity contribution in [1.29, 1.82) is 0 Å². The molecule has 0 bridgehead atoms. The first-order chi connectivity index (χ1) is 14.2. The van der Waals surface area contributed by atoms with Crippen LogP contribution in [-0.2, 0) is 17.6 Å². The molecule has 1 amide bonds. The first-order valence-corrected chi connectivity index (χ1v) is 9.69. The molecule has 0 spiro atoms. The van der Waals surface area contributed by atoms with Gasteiger partial charge in [0.15, 0.2) is 6.29 Å². The van der Waals surface area contributed by atoms with E-state index < -0.39 is 0 Å². The zero-order valence-corrected chi connectivity index (χ0v) is 16.6. The number of aromatic amines is 1. The molecular weight excluding hydrogens is 368 g/mol. The lowest BCUT2D eigenvalue weighted by molar-refractivity contribution is -0.120. The molecule has 0 aliphatic carbocycles. The Morgan fingerprint density at radius 2 is 2.03 bits per heavy atom. The van der Waals surface area contributed by atoms with Gasteiger partial charge < -0.3 is 19.4 Å². The highest BCUT2D eigenvalue weighted by atomic mass is 16.5. The third-order valence-electron chi connectivity index (χ3n) is 5.81. The van der Waals surface area contributed by atoms with Crippen molar-refractivity contribution >= 4 is 23.6 Å². The minimum absolute atomic E-state index is 0.0728. The SMILES string of the molecule is COc1ccc2[nH]cc(CCC3c4cc(C=O)c(OC)cc4CCN3C=O)c2c1. The summed E-state index contributed by atoms with van der Waals surface area (Å²) in [5, 5.41) is 1.13. The molecule has 0 saturated carbocycles. The summed E-state index contributed by atoms with van der Waals surface area (Å²) in [6.45, 7) is 0.659. The van der Waals surface area contributed by atoms with Gasteiger partial charge >= 0.3 is 0 Å². The number of hydrogen-bond acceptors (Lipinski definition) is 4. The standard InChI is InChI=1S/C23H24N2O4/c1-28-18-4-5-21-19(11-18)16(12-24-21)3-6-22-20-9-17(13-26)23(29-2)10-15(20)7-8-25(22)14-27/h4-5,9-14,22,24H,3,6-8H2,1-2H3. The van der Waals surface area contributed by atoms with Crippen molar-refractivity contribution in [3.63, 3.8) is 0 Å². The van der Waals surface area contributed by atoms with Crippen molar-refractivity contribution < 1.29 is 19.1 Å². The molecule has 1 N–H and O–H groups in total. The van der Waals surface area contributed by atoms with Crippen molar-refractivity contribution in [1.82, 2.24) is 9.88 Å². The average molecular weight is 392 g/mol. The van der Waals surface area contributed by atoms with Gasteiger partial charge in [-0.05, 0) is 66.3 Å². The minimum atomic E-state index is -0.0728. The Morgan fingerprint density at radius 1 is 1.17 bits per heavy atom. The highest BCUT2D eigenvalue weighted by Crippen LogP contribution is 2.36. The second kappa shape index (κ2) is 7.99. The van der Waals surface area contributed by atoms with Crippen LogP contribution in [0.5, 0.6) is 11.5 Å². The molecule has 6 heteroatoms. The minimum Gasteiger partial charge on any atom is -0.497 e. The van der Waals surface area contributed by atoms with Crippen LogP contribution in [0.15, 0.2) is 36.5 Å². The molecule has 3 aromatic rings. The van der Waals surface area contributed by atoms with Crippen LogP contribution >= 0.6 is 0 Å². The van der Waals surface area contributed by atoms with Gasteiger partial charge in [0.1, 0.15) is 11.5 Å². The first-order valence-electron chi connectivity index (χ1n) is 9.69. The van der Waals surface area contributed by atoms with Crippen LogP contribution in [-0.4, -0.2) is 43.3 Å². The van der Waals surface area contributed by atoms with E-state index >= 15 is 0 Å². The Morgan fingerprint density at radius 3 is 2.76 bits per heavy atom. The summed E-state index contributed by atoms with van der Waals surface area (Å²) in [5.41, 5.74) is 4.92. The summed E-state index contributed by atoms with van der Waals surface area (Å²) in [6.07, 6.45) is 6.05. The molecule has 1 atom stereocenters. The Kier molecular flexibility index (Phi) is 5.25. The number of benzene rings is 2. The summed E-state index contributed by atoms with van der Waals surface area (Å²) >= 11 is 0. The molecule has 6 nitrogen and oxygen atoms in total. The van der Waals surface area contributed by atoms with Crippen LogP contribution in [0.1, 0.15) is 39.5 Å². The largest absolute Gasteiger partial charge is 0.497 e. The number of aldehydes is 1. The number of ether oxygens (including phenoxy) is 2. The third-order valence-corrected chi connectivity index (χ3v) is 5.81. The van der Waals surface area contributed by atoms with Crippen LogP contribution in [0.25, 0.3) is 10.9 Å². The summed E-state index contributed by atoms with van der Waals surface area (Å²) in [5.74, 6) is 1.40. The van der Waals surface area contributed by atoms with E-state index in [-0.39, 0.29) is 6.04 Å². The number of hydrogen-bond donors (Lipinski definition) is 1. The molecule has 0 radical (unpaired) electrons. The van der Waals surface area contributed by atoms with E-state index in [1.165, 1.54) is 5.56 Å². The number of rotatable bonds is 7. The van der Waals surface area contributed by atoms with E-state index in [0.29, 0.717) is 17.9 Å². The number of aromatic nitrogens is 1. The number of carbonyl (C=O) groups is 2. The molecule has 1 aromatic heterocycles. The molecule has 1 aliphatic heterocycles. The van der Waals surface area contributed by atoms with E-state index in [9.17, 15) is 9.59 Å². The quantitative estimate of drug-likeness (QED) is 0.623. The average Bonchev–Trinajstić information content (AvgIpc) is 3.18. The number of carbonyl (C=O) groups excluding carboxylic acids is 2. The number of methoxy groups -OCH3 is 2. The third kappa shape index (κ3) is 3.46. The molecule has 1 unspecified atom stereocenters.